The number of methoxy groups -OCH3 is 2. The molecule has 0 fully saturated rings. The lowest BCUT2D eigenvalue weighted by Gasteiger charge is -2.15. The highest BCUT2D eigenvalue weighted by atomic mass is 35.5. The highest BCUT2D eigenvalue weighted by molar-refractivity contribution is 6.33. The third-order valence-corrected chi connectivity index (χ3v) is 2.36. The summed E-state index contributed by atoms with van der Waals surface area (Å²) in [5, 5.41) is 0.463. The third-order valence-electron chi connectivity index (χ3n) is 2.01. The Labute approximate surface area is 88.8 Å². The predicted molar refractivity (Wildman–Crippen MR) is 57.2 cm³/mol. The molecule has 2 N–H and O–H groups in total. The Morgan fingerprint density at radius 2 is 1.93 bits per heavy atom. The fraction of sp³-hybridized carbons (Fsp3) is 0.400. The molecule has 0 aliphatic heterocycles. The van der Waals surface area contributed by atoms with E-state index in [0.29, 0.717) is 16.5 Å². The van der Waals surface area contributed by atoms with Crippen LogP contribution in [0.3, 0.4) is 0 Å². The van der Waals surface area contributed by atoms with Crippen molar-refractivity contribution < 1.29 is 9.47 Å². The van der Waals surface area contributed by atoms with Gasteiger partial charge in [-0.1, -0.05) is 11.6 Å². The Kier molecular flexibility index (Phi) is 3.61. The summed E-state index contributed by atoms with van der Waals surface area (Å²) in [5.74, 6) is 1.17. The van der Waals surface area contributed by atoms with Crippen LogP contribution in [0, 0.1) is 0 Å². The summed E-state index contributed by atoms with van der Waals surface area (Å²) in [6, 6.07) is 3.52. The molecule has 0 amide bonds. The number of hydrogen-bond acceptors (Lipinski definition) is 3. The molecule has 1 aromatic rings. The van der Waals surface area contributed by atoms with Gasteiger partial charge >= 0.3 is 0 Å². The van der Waals surface area contributed by atoms with Crippen molar-refractivity contribution in [2.24, 2.45) is 5.73 Å². The Balaban J connectivity index is 3.28. The molecule has 1 aromatic carbocycles. The standard InChI is InChI=1S/C10H14ClNO2/c1-6(12)7-4-5-8(13-2)9(11)10(7)14-3/h4-6H,12H2,1-3H3/t6-/m1/s1. The third kappa shape index (κ3) is 1.94. The lowest BCUT2D eigenvalue weighted by atomic mass is 10.1. The van der Waals surface area contributed by atoms with E-state index in [0.717, 1.165) is 5.56 Å². The second-order valence-corrected chi connectivity index (χ2v) is 3.37. The van der Waals surface area contributed by atoms with E-state index in [4.69, 9.17) is 26.8 Å². The molecule has 1 atom stereocenters. The Bertz CT molecular complexity index is 326. The van der Waals surface area contributed by atoms with E-state index < -0.39 is 0 Å². The van der Waals surface area contributed by atoms with Gasteiger partial charge in [0.15, 0.2) is 0 Å². The van der Waals surface area contributed by atoms with Gasteiger partial charge in [-0.25, -0.2) is 0 Å². The Hall–Kier alpha value is -0.930. The van der Waals surface area contributed by atoms with Gasteiger partial charge in [0.05, 0.1) is 14.2 Å². The van der Waals surface area contributed by atoms with Gasteiger partial charge in [-0.3, -0.25) is 0 Å². The van der Waals surface area contributed by atoms with Crippen LogP contribution in [-0.2, 0) is 0 Å². The van der Waals surface area contributed by atoms with Crippen LogP contribution in [0.1, 0.15) is 18.5 Å². The van der Waals surface area contributed by atoms with Crippen LogP contribution in [0.4, 0.5) is 0 Å². The Morgan fingerprint density at radius 3 is 2.36 bits per heavy atom. The molecule has 0 saturated carbocycles. The molecule has 3 nitrogen and oxygen atoms in total. The van der Waals surface area contributed by atoms with Crippen molar-refractivity contribution in [2.45, 2.75) is 13.0 Å². The van der Waals surface area contributed by atoms with Gasteiger partial charge in [-0.05, 0) is 19.1 Å². The van der Waals surface area contributed by atoms with Crippen molar-refractivity contribution in [3.8, 4) is 11.5 Å². The number of nitrogens with two attached hydrogens (primary N) is 1. The minimum atomic E-state index is -0.117. The lowest BCUT2D eigenvalue weighted by Crippen LogP contribution is -2.07. The summed E-state index contributed by atoms with van der Waals surface area (Å²) in [7, 11) is 3.12. The number of benzene rings is 1. The van der Waals surface area contributed by atoms with Crippen molar-refractivity contribution in [3.63, 3.8) is 0 Å². The zero-order chi connectivity index (χ0) is 10.7. The van der Waals surface area contributed by atoms with Gasteiger partial charge in [0.25, 0.3) is 0 Å². The van der Waals surface area contributed by atoms with E-state index in [2.05, 4.69) is 0 Å². The first kappa shape index (κ1) is 11.1. The minimum Gasteiger partial charge on any atom is -0.495 e. The van der Waals surface area contributed by atoms with Crippen molar-refractivity contribution >= 4 is 11.6 Å². The molecule has 4 heteroatoms. The molecule has 0 heterocycles. The lowest BCUT2D eigenvalue weighted by molar-refractivity contribution is 0.389. The van der Waals surface area contributed by atoms with E-state index in [1.54, 1.807) is 20.3 Å². The molecule has 14 heavy (non-hydrogen) atoms. The summed E-state index contributed by atoms with van der Waals surface area (Å²) in [6.45, 7) is 1.88. The van der Waals surface area contributed by atoms with Gasteiger partial charge in [0.2, 0.25) is 0 Å². The smallest absolute Gasteiger partial charge is 0.146 e. The zero-order valence-corrected chi connectivity index (χ0v) is 9.26. The summed E-state index contributed by atoms with van der Waals surface area (Å²) >= 11 is 6.05. The van der Waals surface area contributed by atoms with E-state index in [-0.39, 0.29) is 6.04 Å². The molecule has 0 spiro atoms. The van der Waals surface area contributed by atoms with Crippen LogP contribution in [0.25, 0.3) is 0 Å². The maximum absolute atomic E-state index is 6.05. The SMILES string of the molecule is COc1ccc([C@@H](C)N)c(OC)c1Cl. The van der Waals surface area contributed by atoms with E-state index in [1.807, 2.05) is 13.0 Å². The van der Waals surface area contributed by atoms with Crippen LogP contribution < -0.4 is 15.2 Å². The number of halogens is 1. The minimum absolute atomic E-state index is 0.117. The molecule has 0 saturated heterocycles. The van der Waals surface area contributed by atoms with Gasteiger partial charge < -0.3 is 15.2 Å². The number of rotatable bonds is 3. The average Bonchev–Trinajstić information content (AvgIpc) is 2.17. The first-order valence-electron chi connectivity index (χ1n) is 4.27. The Morgan fingerprint density at radius 1 is 1.29 bits per heavy atom. The van der Waals surface area contributed by atoms with Gasteiger partial charge in [0, 0.05) is 11.6 Å². The average molecular weight is 216 g/mol. The molecule has 1 rings (SSSR count). The van der Waals surface area contributed by atoms with Gasteiger partial charge in [-0.15, -0.1) is 0 Å². The first-order valence-corrected chi connectivity index (χ1v) is 4.65. The number of ether oxygens (including phenoxy) is 2. The highest BCUT2D eigenvalue weighted by Crippen LogP contribution is 2.38. The van der Waals surface area contributed by atoms with Gasteiger partial charge in [-0.2, -0.15) is 0 Å². The first-order chi connectivity index (χ1) is 6.61. The summed E-state index contributed by atoms with van der Waals surface area (Å²) < 4.78 is 10.3. The van der Waals surface area contributed by atoms with Crippen LogP contribution in [0.5, 0.6) is 11.5 Å². The molecule has 0 radical (unpaired) electrons. The van der Waals surface area contributed by atoms with Crippen LogP contribution in [0.2, 0.25) is 5.02 Å². The molecule has 0 aliphatic carbocycles. The van der Waals surface area contributed by atoms with Crippen LogP contribution in [0.15, 0.2) is 12.1 Å². The maximum atomic E-state index is 6.05. The maximum Gasteiger partial charge on any atom is 0.146 e. The molecular weight excluding hydrogens is 202 g/mol. The largest absolute Gasteiger partial charge is 0.495 e. The topological polar surface area (TPSA) is 44.5 Å². The van der Waals surface area contributed by atoms with Crippen molar-refractivity contribution in [1.82, 2.24) is 0 Å². The van der Waals surface area contributed by atoms with Crippen LogP contribution in [-0.4, -0.2) is 14.2 Å². The van der Waals surface area contributed by atoms with Crippen molar-refractivity contribution in [3.05, 3.63) is 22.7 Å². The molecule has 0 unspecified atom stereocenters. The summed E-state index contributed by atoms with van der Waals surface area (Å²) in [4.78, 5) is 0. The zero-order valence-electron chi connectivity index (χ0n) is 8.50. The monoisotopic (exact) mass is 215 g/mol. The fourth-order valence-electron chi connectivity index (χ4n) is 1.28. The normalized spacial score (nSPS) is 12.4. The molecule has 0 bridgehead atoms. The van der Waals surface area contributed by atoms with Crippen molar-refractivity contribution in [2.75, 3.05) is 14.2 Å². The molecular formula is C10H14ClNO2. The van der Waals surface area contributed by atoms with E-state index in [1.165, 1.54) is 0 Å². The van der Waals surface area contributed by atoms with E-state index >= 15 is 0 Å². The second kappa shape index (κ2) is 4.53. The molecule has 0 aliphatic rings. The van der Waals surface area contributed by atoms with Crippen LogP contribution >= 0.6 is 11.6 Å². The quantitative estimate of drug-likeness (QED) is 0.842. The molecule has 78 valence electrons. The highest BCUT2D eigenvalue weighted by Gasteiger charge is 2.14. The summed E-state index contributed by atoms with van der Waals surface area (Å²) in [5.41, 5.74) is 6.64. The van der Waals surface area contributed by atoms with Crippen molar-refractivity contribution in [1.29, 1.82) is 0 Å². The molecule has 0 aromatic heterocycles. The number of hydrogen-bond donors (Lipinski definition) is 1. The van der Waals surface area contributed by atoms with Gasteiger partial charge in [0.1, 0.15) is 16.5 Å². The predicted octanol–water partition coefficient (Wildman–Crippen LogP) is 2.38. The summed E-state index contributed by atoms with van der Waals surface area (Å²) in [6.07, 6.45) is 0. The fourth-order valence-corrected chi connectivity index (χ4v) is 1.60. The van der Waals surface area contributed by atoms with E-state index in [9.17, 15) is 0 Å². The second-order valence-electron chi connectivity index (χ2n) is 2.99.